The number of nitrogens with one attached hydrogen (secondary N) is 1. The van der Waals surface area contributed by atoms with Crippen LogP contribution >= 0.6 is 0 Å². The third-order valence-electron chi connectivity index (χ3n) is 1.33. The zero-order valence-corrected chi connectivity index (χ0v) is 6.93. The second-order valence-electron chi connectivity index (χ2n) is 3.47. The fourth-order valence-electron chi connectivity index (χ4n) is 0.708. The molecule has 0 aromatic heterocycles. The van der Waals surface area contributed by atoms with E-state index >= 15 is 0 Å². The molecule has 60 valence electrons. The third-order valence-corrected chi connectivity index (χ3v) is 1.33. The van der Waals surface area contributed by atoms with Crippen molar-refractivity contribution in [3.8, 4) is 0 Å². The molecule has 0 aromatic carbocycles. The topological polar surface area (TPSA) is 49.3 Å². The molecule has 10 heavy (non-hydrogen) atoms. The monoisotopic (exact) mass is 145 g/mol. The Labute approximate surface area is 61.4 Å². The normalized spacial score (nSPS) is 14.9. The van der Waals surface area contributed by atoms with Crippen LogP contribution in [0.3, 0.4) is 0 Å². The molecular weight excluding hydrogens is 130 g/mol. The van der Waals surface area contributed by atoms with Crippen molar-refractivity contribution in [2.45, 2.75) is 33.7 Å². The number of carbonyl (C=O) groups is 1. The van der Waals surface area contributed by atoms with E-state index in [4.69, 9.17) is 5.21 Å². The molecule has 0 bridgehead atoms. The Morgan fingerprint density at radius 3 is 2.00 bits per heavy atom. The summed E-state index contributed by atoms with van der Waals surface area (Å²) >= 11 is 0. The summed E-state index contributed by atoms with van der Waals surface area (Å²) in [6, 6.07) is -0.472. The largest absolute Gasteiger partial charge is 0.316 e. The summed E-state index contributed by atoms with van der Waals surface area (Å²) in [4.78, 5) is 11.2. The summed E-state index contributed by atoms with van der Waals surface area (Å²) in [7, 11) is 0. The molecule has 0 radical (unpaired) electrons. The first-order valence-electron chi connectivity index (χ1n) is 3.33. The van der Waals surface area contributed by atoms with Crippen LogP contribution in [0.25, 0.3) is 0 Å². The quantitative estimate of drug-likeness (QED) is 0.569. The molecule has 0 spiro atoms. The second kappa shape index (κ2) is 3.12. The molecule has 3 nitrogen and oxygen atoms in total. The Bertz CT molecular complexity index is 126. The number of hydrogen-bond donors (Lipinski definition) is 2. The molecule has 1 atom stereocenters. The minimum Gasteiger partial charge on any atom is -0.316 e. The van der Waals surface area contributed by atoms with Gasteiger partial charge in [-0.05, 0) is 6.92 Å². The second-order valence-corrected chi connectivity index (χ2v) is 3.47. The average molecular weight is 145 g/mol. The van der Waals surface area contributed by atoms with Crippen molar-refractivity contribution < 1.29 is 10.0 Å². The predicted octanol–water partition coefficient (Wildman–Crippen LogP) is 0.969. The van der Waals surface area contributed by atoms with Gasteiger partial charge in [0.2, 0.25) is 0 Å². The van der Waals surface area contributed by atoms with Crippen molar-refractivity contribution >= 4 is 5.78 Å². The molecule has 0 saturated heterocycles. The van der Waals surface area contributed by atoms with Crippen molar-refractivity contribution in [2.75, 3.05) is 0 Å². The van der Waals surface area contributed by atoms with Crippen molar-refractivity contribution in [3.63, 3.8) is 0 Å². The van der Waals surface area contributed by atoms with Gasteiger partial charge in [0, 0.05) is 5.41 Å². The Hall–Kier alpha value is -0.410. The van der Waals surface area contributed by atoms with Crippen LogP contribution in [-0.4, -0.2) is 17.0 Å². The molecule has 0 aromatic rings. The highest BCUT2D eigenvalue weighted by Gasteiger charge is 2.25. The van der Waals surface area contributed by atoms with E-state index in [0.29, 0.717) is 0 Å². The van der Waals surface area contributed by atoms with Crippen LogP contribution in [0.1, 0.15) is 27.7 Å². The van der Waals surface area contributed by atoms with E-state index in [-0.39, 0.29) is 11.2 Å². The van der Waals surface area contributed by atoms with Gasteiger partial charge in [-0.25, -0.2) is 0 Å². The van der Waals surface area contributed by atoms with Gasteiger partial charge in [0.15, 0.2) is 5.78 Å². The lowest BCUT2D eigenvalue weighted by atomic mass is 9.87. The van der Waals surface area contributed by atoms with Gasteiger partial charge in [-0.15, -0.1) is 0 Å². The molecule has 0 amide bonds. The fraction of sp³-hybridized carbons (Fsp3) is 0.857. The van der Waals surface area contributed by atoms with E-state index < -0.39 is 6.04 Å². The molecule has 0 fully saturated rings. The molecule has 2 N–H and O–H groups in total. The summed E-state index contributed by atoms with van der Waals surface area (Å²) in [5, 5.41) is 8.40. The number of Topliss-reactive ketones (excluding diaryl/α,β-unsaturated/α-hetero) is 1. The lowest BCUT2D eigenvalue weighted by Gasteiger charge is -2.20. The summed E-state index contributed by atoms with van der Waals surface area (Å²) in [5.41, 5.74) is 1.54. The minimum absolute atomic E-state index is 0.00926. The van der Waals surface area contributed by atoms with Crippen LogP contribution in [0, 0.1) is 5.41 Å². The maximum atomic E-state index is 11.2. The smallest absolute Gasteiger partial charge is 0.157 e. The van der Waals surface area contributed by atoms with Crippen LogP contribution in [0.5, 0.6) is 0 Å². The summed E-state index contributed by atoms with van der Waals surface area (Å²) in [6.07, 6.45) is 0. The lowest BCUT2D eigenvalue weighted by Crippen LogP contribution is -2.38. The van der Waals surface area contributed by atoms with E-state index in [1.807, 2.05) is 26.3 Å². The summed E-state index contributed by atoms with van der Waals surface area (Å²) < 4.78 is 0. The Balaban J connectivity index is 4.09. The zero-order chi connectivity index (χ0) is 8.36. The highest BCUT2D eigenvalue weighted by Crippen LogP contribution is 2.16. The molecule has 0 rings (SSSR count). The van der Waals surface area contributed by atoms with E-state index in [1.54, 1.807) is 6.92 Å². The Kier molecular flexibility index (Phi) is 2.99. The molecule has 0 saturated carbocycles. The standard InChI is InChI=1S/C7H15NO2/c1-5(8-10)6(9)7(2,3)4/h5,8,10H,1-4H3/t5-/m0/s1. The number of carbonyl (C=O) groups excluding carboxylic acids is 1. The van der Waals surface area contributed by atoms with E-state index in [9.17, 15) is 4.79 Å². The molecule has 0 heterocycles. The van der Waals surface area contributed by atoms with Gasteiger partial charge in [0.25, 0.3) is 0 Å². The average Bonchev–Trinajstić information content (AvgIpc) is 1.83. The fourth-order valence-corrected chi connectivity index (χ4v) is 0.708. The van der Waals surface area contributed by atoms with Gasteiger partial charge in [0.1, 0.15) is 0 Å². The number of hydroxylamine groups is 1. The molecule has 0 aliphatic carbocycles. The predicted molar refractivity (Wildman–Crippen MR) is 38.8 cm³/mol. The van der Waals surface area contributed by atoms with Gasteiger partial charge >= 0.3 is 0 Å². The maximum Gasteiger partial charge on any atom is 0.157 e. The number of ketones is 1. The van der Waals surface area contributed by atoms with Crippen LogP contribution in [0.15, 0.2) is 0 Å². The lowest BCUT2D eigenvalue weighted by molar-refractivity contribution is -0.130. The SMILES string of the molecule is C[C@H](NO)C(=O)C(C)(C)C. The van der Waals surface area contributed by atoms with Gasteiger partial charge in [-0.1, -0.05) is 20.8 Å². The number of rotatable bonds is 2. The van der Waals surface area contributed by atoms with Crippen molar-refractivity contribution in [1.29, 1.82) is 0 Å². The highest BCUT2D eigenvalue weighted by molar-refractivity contribution is 5.88. The first kappa shape index (κ1) is 9.59. The molecule has 3 heteroatoms. The first-order chi connectivity index (χ1) is 4.39. The molecule has 0 aliphatic heterocycles. The van der Waals surface area contributed by atoms with E-state index in [2.05, 4.69) is 0 Å². The Morgan fingerprint density at radius 2 is 1.90 bits per heavy atom. The molecule has 0 aliphatic rings. The van der Waals surface area contributed by atoms with Crippen LogP contribution in [-0.2, 0) is 4.79 Å². The Morgan fingerprint density at radius 1 is 1.50 bits per heavy atom. The van der Waals surface area contributed by atoms with Gasteiger partial charge in [0.05, 0.1) is 6.04 Å². The van der Waals surface area contributed by atoms with Crippen molar-refractivity contribution in [2.24, 2.45) is 5.41 Å². The van der Waals surface area contributed by atoms with Gasteiger partial charge in [-0.2, -0.15) is 5.48 Å². The van der Waals surface area contributed by atoms with Gasteiger partial charge < -0.3 is 5.21 Å². The third kappa shape index (κ3) is 2.45. The van der Waals surface area contributed by atoms with E-state index in [0.717, 1.165) is 0 Å². The summed E-state index contributed by atoms with van der Waals surface area (Å²) in [5.74, 6) is 0.00926. The highest BCUT2D eigenvalue weighted by atomic mass is 16.5. The van der Waals surface area contributed by atoms with Crippen LogP contribution in [0.4, 0.5) is 0 Å². The van der Waals surface area contributed by atoms with Crippen molar-refractivity contribution in [1.82, 2.24) is 5.48 Å². The zero-order valence-electron chi connectivity index (χ0n) is 6.93. The summed E-state index contributed by atoms with van der Waals surface area (Å²) in [6.45, 7) is 7.10. The number of hydrogen-bond acceptors (Lipinski definition) is 3. The van der Waals surface area contributed by atoms with Crippen LogP contribution in [0.2, 0.25) is 0 Å². The molecule has 0 unspecified atom stereocenters. The first-order valence-corrected chi connectivity index (χ1v) is 3.33. The van der Waals surface area contributed by atoms with Gasteiger partial charge in [-0.3, -0.25) is 4.79 Å². The minimum atomic E-state index is -0.472. The van der Waals surface area contributed by atoms with E-state index in [1.165, 1.54) is 0 Å². The molecular formula is C7H15NO2. The van der Waals surface area contributed by atoms with Crippen molar-refractivity contribution in [3.05, 3.63) is 0 Å². The van der Waals surface area contributed by atoms with Crippen LogP contribution < -0.4 is 5.48 Å². The maximum absolute atomic E-state index is 11.2.